The molecule has 2 N–H and O–H groups in total. The smallest absolute Gasteiger partial charge is 0.160 e. The summed E-state index contributed by atoms with van der Waals surface area (Å²) in [7, 11) is 0. The standard InChI is InChI=1S/C25H27N3O2/c1-16-17(2)24(29)22(25-23(16)27-20-6-3-4-7-21(20)30-25)18-8-10-19(11-9-18)28-14-5-12-26-13-15-28/h3-4,6-11,24,26,29H,5,12-15H2,1-2H3. The van der Waals surface area contributed by atoms with Gasteiger partial charge in [-0.05, 0) is 67.8 Å². The molecule has 1 fully saturated rings. The fraction of sp³-hybridized carbons (Fsp3) is 0.320. The minimum absolute atomic E-state index is 0.663. The minimum atomic E-state index is -0.711. The van der Waals surface area contributed by atoms with Crippen molar-refractivity contribution in [3.8, 4) is 5.75 Å². The Labute approximate surface area is 177 Å². The summed E-state index contributed by atoms with van der Waals surface area (Å²) in [6.07, 6.45) is 0.434. The van der Waals surface area contributed by atoms with Crippen LogP contribution in [0.5, 0.6) is 5.75 Å². The van der Waals surface area contributed by atoms with E-state index < -0.39 is 6.10 Å². The second kappa shape index (κ2) is 7.74. The van der Waals surface area contributed by atoms with Gasteiger partial charge in [-0.1, -0.05) is 24.3 Å². The molecule has 30 heavy (non-hydrogen) atoms. The van der Waals surface area contributed by atoms with E-state index in [4.69, 9.17) is 9.73 Å². The number of benzene rings is 2. The average molecular weight is 402 g/mol. The summed E-state index contributed by atoms with van der Waals surface area (Å²) >= 11 is 0. The number of anilines is 1. The van der Waals surface area contributed by atoms with Gasteiger partial charge in [0.05, 0.1) is 0 Å². The van der Waals surface area contributed by atoms with Crippen molar-refractivity contribution in [1.29, 1.82) is 0 Å². The van der Waals surface area contributed by atoms with Crippen LogP contribution in [0.4, 0.5) is 11.4 Å². The van der Waals surface area contributed by atoms with Crippen molar-refractivity contribution in [1.82, 2.24) is 5.32 Å². The zero-order valence-corrected chi connectivity index (χ0v) is 17.5. The highest BCUT2D eigenvalue weighted by molar-refractivity contribution is 6.19. The lowest BCUT2D eigenvalue weighted by Gasteiger charge is -2.31. The number of allylic oxidation sites excluding steroid dienone is 1. The van der Waals surface area contributed by atoms with E-state index in [0.717, 1.165) is 72.0 Å². The zero-order valence-electron chi connectivity index (χ0n) is 17.5. The number of hydrogen-bond donors (Lipinski definition) is 2. The van der Waals surface area contributed by atoms with Gasteiger partial charge in [0.1, 0.15) is 17.5 Å². The Morgan fingerprint density at radius 1 is 1.03 bits per heavy atom. The minimum Gasteiger partial charge on any atom is -0.452 e. The summed E-state index contributed by atoms with van der Waals surface area (Å²) in [5.41, 5.74) is 6.50. The normalized spacial score (nSPS) is 21.5. The SMILES string of the molecule is CC1=C(C)C(O)C(c2ccc(N3CCCNCC3)cc2)=C2Oc3ccccc3N=C12. The molecule has 1 unspecified atom stereocenters. The van der Waals surface area contributed by atoms with E-state index in [2.05, 4.69) is 34.5 Å². The Balaban J connectivity index is 1.56. The molecule has 2 aliphatic heterocycles. The number of aliphatic imine (C=N–C) groups is 1. The van der Waals surface area contributed by atoms with Gasteiger partial charge in [-0.25, -0.2) is 4.99 Å². The number of ether oxygens (including phenoxy) is 1. The molecule has 5 rings (SSSR count). The lowest BCUT2D eigenvalue weighted by atomic mass is 9.84. The van der Waals surface area contributed by atoms with Crippen LogP contribution in [0.3, 0.4) is 0 Å². The van der Waals surface area contributed by atoms with Crippen LogP contribution in [-0.2, 0) is 0 Å². The number of nitrogens with one attached hydrogen (secondary N) is 1. The van der Waals surface area contributed by atoms with E-state index in [1.165, 1.54) is 5.69 Å². The van der Waals surface area contributed by atoms with Crippen LogP contribution in [0, 0.1) is 0 Å². The van der Waals surface area contributed by atoms with Gasteiger partial charge in [-0.3, -0.25) is 0 Å². The first-order chi connectivity index (χ1) is 14.6. The van der Waals surface area contributed by atoms with Crippen LogP contribution in [0.15, 0.2) is 70.4 Å². The molecular weight excluding hydrogens is 374 g/mol. The van der Waals surface area contributed by atoms with Crippen molar-refractivity contribution in [2.75, 3.05) is 31.1 Å². The third-order valence-corrected chi connectivity index (χ3v) is 6.28. The maximum atomic E-state index is 11.1. The fourth-order valence-electron chi connectivity index (χ4n) is 4.38. The van der Waals surface area contributed by atoms with Crippen LogP contribution in [-0.4, -0.2) is 43.1 Å². The van der Waals surface area contributed by atoms with Crippen molar-refractivity contribution in [2.24, 2.45) is 4.99 Å². The first-order valence-corrected chi connectivity index (χ1v) is 10.7. The average Bonchev–Trinajstić information content (AvgIpc) is 3.07. The number of hydrogen-bond acceptors (Lipinski definition) is 5. The van der Waals surface area contributed by atoms with Crippen LogP contribution in [0.25, 0.3) is 5.57 Å². The molecule has 2 aromatic rings. The zero-order chi connectivity index (χ0) is 20.7. The molecular formula is C25H27N3O2. The topological polar surface area (TPSA) is 57.1 Å². The van der Waals surface area contributed by atoms with Crippen LogP contribution < -0.4 is 15.0 Å². The Bertz CT molecular complexity index is 1060. The maximum absolute atomic E-state index is 11.1. The van der Waals surface area contributed by atoms with Gasteiger partial charge in [0.2, 0.25) is 0 Å². The number of aliphatic hydroxyl groups excluding tert-OH is 1. The van der Waals surface area contributed by atoms with Gasteiger partial charge in [0.15, 0.2) is 11.5 Å². The van der Waals surface area contributed by atoms with Crippen LogP contribution >= 0.6 is 0 Å². The van der Waals surface area contributed by atoms with E-state index in [9.17, 15) is 5.11 Å². The highest BCUT2D eigenvalue weighted by Crippen LogP contribution is 2.42. The number of fused-ring (bicyclic) bond motifs is 2. The molecule has 2 heterocycles. The largest absolute Gasteiger partial charge is 0.452 e. The van der Waals surface area contributed by atoms with Crippen LogP contribution in [0.2, 0.25) is 0 Å². The summed E-state index contributed by atoms with van der Waals surface area (Å²) < 4.78 is 6.29. The first kappa shape index (κ1) is 19.1. The molecule has 0 saturated carbocycles. The molecule has 1 aliphatic carbocycles. The van der Waals surface area contributed by atoms with E-state index >= 15 is 0 Å². The Kier molecular flexibility index (Phi) is 4.93. The molecule has 0 aromatic heterocycles. The van der Waals surface area contributed by atoms with Gasteiger partial charge in [-0.15, -0.1) is 0 Å². The predicted molar refractivity (Wildman–Crippen MR) is 122 cm³/mol. The van der Waals surface area contributed by atoms with Gasteiger partial charge >= 0.3 is 0 Å². The highest BCUT2D eigenvalue weighted by atomic mass is 16.5. The van der Waals surface area contributed by atoms with Crippen molar-refractivity contribution >= 4 is 22.7 Å². The third kappa shape index (κ3) is 3.24. The van der Waals surface area contributed by atoms with E-state index in [1.807, 2.05) is 38.1 Å². The van der Waals surface area contributed by atoms with E-state index in [0.29, 0.717) is 5.76 Å². The number of nitrogens with zero attached hydrogens (tertiary/aromatic N) is 2. The molecule has 0 spiro atoms. The van der Waals surface area contributed by atoms with Crippen molar-refractivity contribution in [3.63, 3.8) is 0 Å². The maximum Gasteiger partial charge on any atom is 0.160 e. The van der Waals surface area contributed by atoms with Crippen molar-refractivity contribution in [3.05, 3.63) is 71.0 Å². The second-order valence-corrected chi connectivity index (χ2v) is 8.12. The van der Waals surface area contributed by atoms with Gasteiger partial charge in [0, 0.05) is 30.9 Å². The predicted octanol–water partition coefficient (Wildman–Crippen LogP) is 4.07. The molecule has 5 nitrogen and oxygen atoms in total. The number of para-hydroxylation sites is 2. The quantitative estimate of drug-likeness (QED) is 0.796. The van der Waals surface area contributed by atoms with Crippen molar-refractivity contribution in [2.45, 2.75) is 26.4 Å². The Morgan fingerprint density at radius 2 is 1.83 bits per heavy atom. The summed E-state index contributed by atoms with van der Waals surface area (Å²) in [5, 5.41) is 14.6. The molecule has 1 atom stereocenters. The third-order valence-electron chi connectivity index (χ3n) is 6.28. The molecule has 1 saturated heterocycles. The van der Waals surface area contributed by atoms with E-state index in [-0.39, 0.29) is 0 Å². The molecule has 0 amide bonds. The fourth-order valence-corrected chi connectivity index (χ4v) is 4.38. The molecule has 2 aromatic carbocycles. The van der Waals surface area contributed by atoms with E-state index in [1.54, 1.807) is 0 Å². The molecule has 0 bridgehead atoms. The molecule has 0 radical (unpaired) electrons. The summed E-state index contributed by atoms with van der Waals surface area (Å²) in [6, 6.07) is 16.3. The van der Waals surface area contributed by atoms with Gasteiger partial charge in [0.25, 0.3) is 0 Å². The second-order valence-electron chi connectivity index (χ2n) is 8.12. The monoisotopic (exact) mass is 401 g/mol. The summed E-state index contributed by atoms with van der Waals surface area (Å²) in [6.45, 7) is 8.11. The lowest BCUT2D eigenvalue weighted by molar-refractivity contribution is 0.261. The van der Waals surface area contributed by atoms with Gasteiger partial charge in [-0.2, -0.15) is 0 Å². The Morgan fingerprint density at radius 3 is 2.67 bits per heavy atom. The summed E-state index contributed by atoms with van der Waals surface area (Å²) in [4.78, 5) is 7.27. The van der Waals surface area contributed by atoms with Crippen molar-refractivity contribution < 1.29 is 9.84 Å². The summed E-state index contributed by atoms with van der Waals surface area (Å²) in [5.74, 6) is 1.39. The first-order valence-electron chi connectivity index (χ1n) is 10.7. The Hall–Kier alpha value is -2.89. The lowest BCUT2D eigenvalue weighted by Crippen LogP contribution is -2.29. The number of aliphatic hydroxyl groups is 1. The molecule has 5 heteroatoms. The molecule has 3 aliphatic rings. The molecule has 154 valence electrons. The highest BCUT2D eigenvalue weighted by Gasteiger charge is 2.34. The number of rotatable bonds is 2. The van der Waals surface area contributed by atoms with Crippen LogP contribution in [0.1, 0.15) is 25.8 Å². The van der Waals surface area contributed by atoms with Gasteiger partial charge < -0.3 is 20.1 Å².